The monoisotopic (exact) mass is 524 g/mol. The van der Waals surface area contributed by atoms with Crippen LogP contribution >= 0.6 is 11.3 Å². The number of carbonyl (C=O) groups is 4. The van der Waals surface area contributed by atoms with E-state index in [0.717, 1.165) is 16.6 Å². The van der Waals surface area contributed by atoms with Gasteiger partial charge in [-0.3, -0.25) is 19.2 Å². The van der Waals surface area contributed by atoms with Gasteiger partial charge >= 0.3 is 0 Å². The zero-order valence-corrected chi connectivity index (χ0v) is 21.9. The SMILES string of the molecule is CC1(C)[C@@H]2[C@@H](C(=O)N[C@@H](C[C@@H]3CCNC3=O)C(=O)c3nc4ccccc4s3)N(C(=O)[C@H]3CCCO3)C[C@@H]21. The highest BCUT2D eigenvalue weighted by Crippen LogP contribution is 2.65. The molecule has 2 aromatic rings. The predicted octanol–water partition coefficient (Wildman–Crippen LogP) is 2.15. The molecule has 6 atom stereocenters. The number of para-hydroxylation sites is 1. The molecule has 9 nitrogen and oxygen atoms in total. The molecule has 0 spiro atoms. The minimum atomic E-state index is -0.900. The normalized spacial score (nSPS) is 30.7. The van der Waals surface area contributed by atoms with Crippen molar-refractivity contribution in [2.75, 3.05) is 19.7 Å². The minimum Gasteiger partial charge on any atom is -0.368 e. The molecule has 4 fully saturated rings. The van der Waals surface area contributed by atoms with Crippen molar-refractivity contribution in [3.05, 3.63) is 29.3 Å². The zero-order valence-electron chi connectivity index (χ0n) is 21.1. The lowest BCUT2D eigenvalue weighted by Gasteiger charge is -2.32. The molecule has 1 aromatic heterocycles. The van der Waals surface area contributed by atoms with Gasteiger partial charge in [0.2, 0.25) is 17.6 Å². The summed E-state index contributed by atoms with van der Waals surface area (Å²) in [5.74, 6) is -0.945. The summed E-state index contributed by atoms with van der Waals surface area (Å²) >= 11 is 1.29. The van der Waals surface area contributed by atoms with Gasteiger partial charge in [-0.15, -0.1) is 11.3 Å². The topological polar surface area (TPSA) is 118 Å². The van der Waals surface area contributed by atoms with Crippen molar-refractivity contribution in [3.8, 4) is 0 Å². The number of hydrogen-bond donors (Lipinski definition) is 2. The largest absolute Gasteiger partial charge is 0.368 e. The van der Waals surface area contributed by atoms with E-state index in [0.29, 0.717) is 37.5 Å². The summed E-state index contributed by atoms with van der Waals surface area (Å²) in [5.41, 5.74) is 0.680. The minimum absolute atomic E-state index is 0.0332. The van der Waals surface area contributed by atoms with Crippen LogP contribution in [0.15, 0.2) is 24.3 Å². The molecule has 4 heterocycles. The molecule has 4 aliphatic rings. The van der Waals surface area contributed by atoms with Crippen LogP contribution in [-0.4, -0.2) is 71.3 Å². The smallest absolute Gasteiger partial charge is 0.252 e. The van der Waals surface area contributed by atoms with Gasteiger partial charge in [0.15, 0.2) is 5.01 Å². The Morgan fingerprint density at radius 2 is 2.08 bits per heavy atom. The number of ether oxygens (including phenoxy) is 1. The maximum atomic E-state index is 13.9. The molecule has 37 heavy (non-hydrogen) atoms. The third-order valence-corrected chi connectivity index (χ3v) is 9.84. The molecule has 196 valence electrons. The number of carbonyl (C=O) groups excluding carboxylic acids is 4. The highest BCUT2D eigenvalue weighted by Gasteiger charge is 2.69. The fourth-order valence-electron chi connectivity index (χ4n) is 6.54. The van der Waals surface area contributed by atoms with Crippen LogP contribution in [0.5, 0.6) is 0 Å². The second-order valence-electron chi connectivity index (χ2n) is 11.3. The van der Waals surface area contributed by atoms with Crippen molar-refractivity contribution >= 4 is 45.1 Å². The summed E-state index contributed by atoms with van der Waals surface area (Å²) < 4.78 is 6.53. The number of amides is 3. The first-order valence-corrected chi connectivity index (χ1v) is 14.0. The third kappa shape index (κ3) is 4.24. The Hall–Kier alpha value is -2.85. The number of aromatic nitrogens is 1. The first-order valence-electron chi connectivity index (χ1n) is 13.2. The maximum Gasteiger partial charge on any atom is 0.252 e. The number of benzene rings is 1. The molecule has 0 unspecified atom stereocenters. The molecule has 10 heteroatoms. The third-order valence-electron chi connectivity index (χ3n) is 8.79. The van der Waals surface area contributed by atoms with Gasteiger partial charge in [0.25, 0.3) is 5.91 Å². The van der Waals surface area contributed by atoms with E-state index in [1.54, 1.807) is 4.90 Å². The van der Waals surface area contributed by atoms with Crippen molar-refractivity contribution in [2.24, 2.45) is 23.2 Å². The van der Waals surface area contributed by atoms with Crippen molar-refractivity contribution in [2.45, 2.75) is 57.7 Å². The van der Waals surface area contributed by atoms with Gasteiger partial charge in [0.05, 0.1) is 16.3 Å². The van der Waals surface area contributed by atoms with Crippen LogP contribution in [0.4, 0.5) is 0 Å². The van der Waals surface area contributed by atoms with Gasteiger partial charge in [-0.1, -0.05) is 26.0 Å². The average molecular weight is 525 g/mol. The number of nitrogens with zero attached hydrogens (tertiary/aromatic N) is 2. The molecule has 3 amide bonds. The molecule has 1 saturated carbocycles. The van der Waals surface area contributed by atoms with E-state index in [4.69, 9.17) is 4.74 Å². The highest BCUT2D eigenvalue weighted by molar-refractivity contribution is 7.20. The van der Waals surface area contributed by atoms with Gasteiger partial charge in [0, 0.05) is 25.6 Å². The van der Waals surface area contributed by atoms with E-state index in [-0.39, 0.29) is 53.1 Å². The highest BCUT2D eigenvalue weighted by atomic mass is 32.1. The number of fused-ring (bicyclic) bond motifs is 2. The lowest BCUT2D eigenvalue weighted by atomic mass is 9.94. The molecule has 0 radical (unpaired) electrons. The number of Topliss-reactive ketones (excluding diaryl/α,β-unsaturated/α-hetero) is 1. The lowest BCUT2D eigenvalue weighted by Crippen LogP contribution is -2.55. The van der Waals surface area contributed by atoms with Crippen molar-refractivity contribution in [1.82, 2.24) is 20.5 Å². The van der Waals surface area contributed by atoms with Gasteiger partial charge in [-0.25, -0.2) is 4.98 Å². The molecule has 1 aliphatic carbocycles. The molecule has 0 bridgehead atoms. The fourth-order valence-corrected chi connectivity index (χ4v) is 7.50. The van der Waals surface area contributed by atoms with Gasteiger partial charge in [-0.2, -0.15) is 0 Å². The number of hydrogen-bond acceptors (Lipinski definition) is 7. The summed E-state index contributed by atoms with van der Waals surface area (Å²) in [6.07, 6.45) is 1.82. The second kappa shape index (κ2) is 9.16. The molecular weight excluding hydrogens is 492 g/mol. The fraction of sp³-hybridized carbons (Fsp3) is 0.593. The Kier molecular flexibility index (Phi) is 6.06. The first-order chi connectivity index (χ1) is 17.8. The Morgan fingerprint density at radius 1 is 1.27 bits per heavy atom. The molecular formula is C27H32N4O5S. The molecule has 3 aliphatic heterocycles. The summed E-state index contributed by atoms with van der Waals surface area (Å²) in [7, 11) is 0. The predicted molar refractivity (Wildman–Crippen MR) is 137 cm³/mol. The van der Waals surface area contributed by atoms with Crippen LogP contribution in [0.25, 0.3) is 10.2 Å². The van der Waals surface area contributed by atoms with E-state index >= 15 is 0 Å². The average Bonchev–Trinajstić information content (AvgIpc) is 3.55. The van der Waals surface area contributed by atoms with Crippen molar-refractivity contribution < 1.29 is 23.9 Å². The molecule has 2 N–H and O–H groups in total. The van der Waals surface area contributed by atoms with E-state index in [2.05, 4.69) is 29.5 Å². The number of rotatable bonds is 7. The lowest BCUT2D eigenvalue weighted by molar-refractivity contribution is -0.147. The van der Waals surface area contributed by atoms with Crippen molar-refractivity contribution in [1.29, 1.82) is 0 Å². The van der Waals surface area contributed by atoms with Crippen LogP contribution in [0, 0.1) is 23.2 Å². The number of ketones is 1. The number of piperidine rings is 1. The summed E-state index contributed by atoms with van der Waals surface area (Å²) in [6.45, 7) is 5.90. The second-order valence-corrected chi connectivity index (χ2v) is 12.3. The van der Waals surface area contributed by atoms with Crippen LogP contribution in [0.1, 0.15) is 49.3 Å². The van der Waals surface area contributed by atoms with Crippen molar-refractivity contribution in [3.63, 3.8) is 0 Å². The Balaban J connectivity index is 1.26. The number of nitrogens with one attached hydrogen (secondary N) is 2. The van der Waals surface area contributed by atoms with E-state index in [1.807, 2.05) is 24.3 Å². The van der Waals surface area contributed by atoms with Crippen LogP contribution in [0.3, 0.4) is 0 Å². The molecule has 6 rings (SSSR count). The van der Waals surface area contributed by atoms with Crippen LogP contribution in [-0.2, 0) is 19.1 Å². The summed E-state index contributed by atoms with van der Waals surface area (Å²) in [5, 5.41) is 6.11. The number of likely N-dealkylation sites (tertiary alicyclic amines) is 1. The Labute approximate surface area is 219 Å². The maximum absolute atomic E-state index is 13.9. The van der Waals surface area contributed by atoms with Crippen LogP contribution < -0.4 is 10.6 Å². The van der Waals surface area contributed by atoms with E-state index in [1.165, 1.54) is 11.3 Å². The molecule has 3 saturated heterocycles. The Bertz CT molecular complexity index is 1240. The molecule has 1 aromatic carbocycles. The summed E-state index contributed by atoms with van der Waals surface area (Å²) in [6, 6.07) is 5.96. The van der Waals surface area contributed by atoms with Crippen LogP contribution in [0.2, 0.25) is 0 Å². The van der Waals surface area contributed by atoms with Gasteiger partial charge in [0.1, 0.15) is 12.1 Å². The standard InChI is InChI=1S/C27H32N4O5S/c1-27(2)15-13-31(26(35)18-7-5-11-36-18)21(20(15)27)24(34)29-17(12-14-9-10-28-23(14)33)22(32)25-30-16-6-3-4-8-19(16)37-25/h3-4,6,8,14-15,17-18,20-21H,5,7,9-13H2,1-2H3,(H,28,33)(H,29,34)/t14-,15-,17-,18+,20-,21-/m0/s1. The first kappa shape index (κ1) is 24.5. The quantitative estimate of drug-likeness (QED) is 0.536. The van der Waals surface area contributed by atoms with E-state index in [9.17, 15) is 19.2 Å². The zero-order chi connectivity index (χ0) is 25.9. The summed E-state index contributed by atoms with van der Waals surface area (Å²) in [4.78, 5) is 59.4. The Morgan fingerprint density at radius 3 is 2.78 bits per heavy atom. The van der Waals surface area contributed by atoms with E-state index < -0.39 is 18.2 Å². The van der Waals surface area contributed by atoms with Gasteiger partial charge < -0.3 is 20.3 Å². The van der Waals surface area contributed by atoms with Gasteiger partial charge in [-0.05, 0) is 55.1 Å². The number of thiazole rings is 1.